The molecule has 1 atom stereocenters. The summed E-state index contributed by atoms with van der Waals surface area (Å²) >= 11 is 14.0. The van der Waals surface area contributed by atoms with Crippen LogP contribution < -0.4 is 11.3 Å². The zero-order chi connectivity index (χ0) is 13.8. The summed E-state index contributed by atoms with van der Waals surface area (Å²) in [6.45, 7) is 6.58. The molecule has 18 heavy (non-hydrogen) atoms. The van der Waals surface area contributed by atoms with Crippen LogP contribution in [-0.2, 0) is 6.42 Å². The molecule has 0 heterocycles. The molecule has 1 aromatic carbocycles. The van der Waals surface area contributed by atoms with E-state index >= 15 is 0 Å². The largest absolute Gasteiger partial charge is 0.271 e. The Morgan fingerprint density at radius 1 is 1.33 bits per heavy atom. The molecule has 0 aliphatic rings. The van der Waals surface area contributed by atoms with E-state index in [4.69, 9.17) is 29.0 Å². The lowest BCUT2D eigenvalue weighted by molar-refractivity contribution is 0.573. The van der Waals surface area contributed by atoms with Crippen LogP contribution in [-0.4, -0.2) is 16.5 Å². The van der Waals surface area contributed by atoms with Crippen molar-refractivity contribution in [1.82, 2.24) is 5.43 Å². The Balaban J connectivity index is 2.65. The predicted molar refractivity (Wildman–Crippen MR) is 83.5 cm³/mol. The summed E-state index contributed by atoms with van der Waals surface area (Å²) in [5.74, 6) is 6.53. The first-order valence-corrected chi connectivity index (χ1v) is 7.60. The van der Waals surface area contributed by atoms with Crippen LogP contribution in [0, 0.1) is 0 Å². The Kier molecular flexibility index (Phi) is 6.28. The van der Waals surface area contributed by atoms with Crippen LogP contribution in [0.3, 0.4) is 0 Å². The fraction of sp³-hybridized carbons (Fsp3) is 0.538. The van der Waals surface area contributed by atoms with Crippen LogP contribution in [0.15, 0.2) is 18.2 Å². The number of nitrogens with two attached hydrogens (primary N) is 1. The molecule has 0 spiro atoms. The Morgan fingerprint density at radius 3 is 2.56 bits per heavy atom. The molecule has 5 heteroatoms. The van der Waals surface area contributed by atoms with Crippen molar-refractivity contribution in [3.63, 3.8) is 0 Å². The zero-order valence-corrected chi connectivity index (χ0v) is 13.3. The fourth-order valence-corrected chi connectivity index (χ4v) is 2.79. The molecule has 0 saturated carbocycles. The van der Waals surface area contributed by atoms with Gasteiger partial charge in [0.2, 0.25) is 0 Å². The van der Waals surface area contributed by atoms with Gasteiger partial charge in [-0.15, -0.1) is 0 Å². The van der Waals surface area contributed by atoms with Gasteiger partial charge in [-0.25, -0.2) is 0 Å². The molecule has 0 radical (unpaired) electrons. The quantitative estimate of drug-likeness (QED) is 0.640. The Morgan fingerprint density at radius 2 is 2.00 bits per heavy atom. The van der Waals surface area contributed by atoms with E-state index in [0.29, 0.717) is 5.02 Å². The van der Waals surface area contributed by atoms with Gasteiger partial charge >= 0.3 is 0 Å². The highest BCUT2D eigenvalue weighted by Gasteiger charge is 2.16. The maximum absolute atomic E-state index is 6.15. The molecule has 0 saturated heterocycles. The van der Waals surface area contributed by atoms with Crippen molar-refractivity contribution in [2.24, 2.45) is 5.84 Å². The lowest BCUT2D eigenvalue weighted by atomic mass is 10.1. The molecule has 0 bridgehead atoms. The van der Waals surface area contributed by atoms with Crippen LogP contribution >= 0.6 is 35.0 Å². The average Bonchev–Trinajstić information content (AvgIpc) is 2.27. The third-order valence-corrected chi connectivity index (χ3v) is 4.47. The minimum atomic E-state index is 0.185. The Bertz CT molecular complexity index is 391. The van der Waals surface area contributed by atoms with Crippen LogP contribution in [0.25, 0.3) is 0 Å². The van der Waals surface area contributed by atoms with Crippen molar-refractivity contribution in [2.75, 3.05) is 5.75 Å². The topological polar surface area (TPSA) is 38.0 Å². The molecule has 3 N–H and O–H groups in total. The normalized spacial score (nSPS) is 13.7. The van der Waals surface area contributed by atoms with Gasteiger partial charge in [0.15, 0.2) is 0 Å². The van der Waals surface area contributed by atoms with Crippen LogP contribution in [0.1, 0.15) is 26.3 Å². The molecule has 102 valence electrons. The standard InChI is InChI=1S/C13H20Cl2N2S/c1-13(2,3)18-8-11(17-16)7-9-6-10(14)4-5-12(9)15/h4-6,11,17H,7-8,16H2,1-3H3. The van der Waals surface area contributed by atoms with Crippen molar-refractivity contribution in [1.29, 1.82) is 0 Å². The molecule has 2 nitrogen and oxygen atoms in total. The van der Waals surface area contributed by atoms with E-state index in [1.165, 1.54) is 0 Å². The van der Waals surface area contributed by atoms with Gasteiger partial charge in [-0.3, -0.25) is 11.3 Å². The number of hydrogen-bond acceptors (Lipinski definition) is 3. The smallest absolute Gasteiger partial charge is 0.0439 e. The van der Waals surface area contributed by atoms with Gasteiger partial charge in [0.05, 0.1) is 0 Å². The average molecular weight is 307 g/mol. The highest BCUT2D eigenvalue weighted by molar-refractivity contribution is 8.00. The number of benzene rings is 1. The highest BCUT2D eigenvalue weighted by atomic mass is 35.5. The molecule has 0 aliphatic carbocycles. The number of nitrogens with one attached hydrogen (secondary N) is 1. The van der Waals surface area contributed by atoms with Crippen molar-refractivity contribution >= 4 is 35.0 Å². The van der Waals surface area contributed by atoms with Gasteiger partial charge in [-0.05, 0) is 30.2 Å². The summed E-state index contributed by atoms with van der Waals surface area (Å²) in [7, 11) is 0. The van der Waals surface area contributed by atoms with Gasteiger partial charge in [0.1, 0.15) is 0 Å². The fourth-order valence-electron chi connectivity index (χ4n) is 1.48. The first-order chi connectivity index (χ1) is 8.31. The first-order valence-electron chi connectivity index (χ1n) is 5.86. The van der Waals surface area contributed by atoms with Crippen LogP contribution in [0.2, 0.25) is 10.0 Å². The first kappa shape index (κ1) is 16.1. The van der Waals surface area contributed by atoms with Crippen molar-refractivity contribution < 1.29 is 0 Å². The second-order valence-corrected chi connectivity index (χ2v) is 7.92. The number of thioether (sulfide) groups is 1. The summed E-state index contributed by atoms with van der Waals surface area (Å²) < 4.78 is 0.229. The molecule has 0 aliphatic heterocycles. The molecule has 1 rings (SSSR count). The maximum atomic E-state index is 6.15. The SMILES string of the molecule is CC(C)(C)SCC(Cc1cc(Cl)ccc1Cl)NN. The van der Waals surface area contributed by atoms with E-state index in [2.05, 4.69) is 26.2 Å². The number of hydrogen-bond donors (Lipinski definition) is 2. The van der Waals surface area contributed by atoms with Crippen molar-refractivity contribution in [2.45, 2.75) is 38.0 Å². The second kappa shape index (κ2) is 7.01. The minimum Gasteiger partial charge on any atom is -0.271 e. The van der Waals surface area contributed by atoms with E-state index < -0.39 is 0 Å². The summed E-state index contributed by atoms with van der Waals surface area (Å²) in [5, 5.41) is 1.44. The van der Waals surface area contributed by atoms with Crippen LogP contribution in [0.4, 0.5) is 0 Å². The van der Waals surface area contributed by atoms with Gasteiger partial charge in [0, 0.05) is 26.6 Å². The van der Waals surface area contributed by atoms with E-state index in [9.17, 15) is 0 Å². The van der Waals surface area contributed by atoms with Crippen LogP contribution in [0.5, 0.6) is 0 Å². The summed E-state index contributed by atoms with van der Waals surface area (Å²) in [5.41, 5.74) is 3.88. The summed E-state index contributed by atoms with van der Waals surface area (Å²) in [4.78, 5) is 0. The molecular weight excluding hydrogens is 287 g/mol. The van der Waals surface area contributed by atoms with E-state index in [-0.39, 0.29) is 10.8 Å². The molecule has 0 fully saturated rings. The summed E-state index contributed by atoms with van der Waals surface area (Å²) in [6.07, 6.45) is 0.777. The molecular formula is C13H20Cl2N2S. The number of hydrazine groups is 1. The highest BCUT2D eigenvalue weighted by Crippen LogP contribution is 2.26. The van der Waals surface area contributed by atoms with Gasteiger partial charge < -0.3 is 0 Å². The minimum absolute atomic E-state index is 0.185. The van der Waals surface area contributed by atoms with Gasteiger partial charge in [0.25, 0.3) is 0 Å². The van der Waals surface area contributed by atoms with E-state index in [1.807, 2.05) is 23.9 Å². The predicted octanol–water partition coefficient (Wildman–Crippen LogP) is 3.90. The third kappa shape index (κ3) is 5.81. The lowest BCUT2D eigenvalue weighted by Crippen LogP contribution is -2.39. The maximum Gasteiger partial charge on any atom is 0.0439 e. The van der Waals surface area contributed by atoms with Crippen molar-refractivity contribution in [3.8, 4) is 0 Å². The van der Waals surface area contributed by atoms with E-state index in [1.54, 1.807) is 6.07 Å². The second-order valence-electron chi connectivity index (χ2n) is 5.23. The Hall–Kier alpha value is 0.0700. The number of halogens is 2. The lowest BCUT2D eigenvalue weighted by Gasteiger charge is -2.22. The van der Waals surface area contributed by atoms with E-state index in [0.717, 1.165) is 22.8 Å². The van der Waals surface area contributed by atoms with Gasteiger partial charge in [-0.2, -0.15) is 11.8 Å². The molecule has 1 aromatic rings. The monoisotopic (exact) mass is 306 g/mol. The number of rotatable bonds is 5. The van der Waals surface area contributed by atoms with Crippen molar-refractivity contribution in [3.05, 3.63) is 33.8 Å². The molecule has 0 aromatic heterocycles. The summed E-state index contributed by atoms with van der Waals surface area (Å²) in [6, 6.07) is 5.70. The third-order valence-electron chi connectivity index (χ3n) is 2.43. The molecule has 1 unspecified atom stereocenters. The molecule has 0 amide bonds. The van der Waals surface area contributed by atoms with Gasteiger partial charge in [-0.1, -0.05) is 44.0 Å². The Labute approximate surface area is 124 Å². The zero-order valence-electron chi connectivity index (χ0n) is 11.0.